The number of anilines is 1. The highest BCUT2D eigenvalue weighted by molar-refractivity contribution is 5.60. The van der Waals surface area contributed by atoms with Crippen molar-refractivity contribution in [3.05, 3.63) is 29.8 Å². The predicted molar refractivity (Wildman–Crippen MR) is 65.8 cm³/mol. The maximum Gasteiger partial charge on any atom is 0.0486 e. The van der Waals surface area contributed by atoms with Gasteiger partial charge in [0.25, 0.3) is 0 Å². The predicted octanol–water partition coefficient (Wildman–Crippen LogP) is 2.43. The first-order chi connectivity index (χ1) is 7.93. The lowest BCUT2D eigenvalue weighted by Crippen LogP contribution is -2.49. The molecule has 2 heteroatoms. The second-order valence-corrected chi connectivity index (χ2v) is 5.40. The molecule has 3 aliphatic rings. The molecular weight excluding hydrogens is 196 g/mol. The lowest BCUT2D eigenvalue weighted by molar-refractivity contribution is 0.170. The Morgan fingerprint density at radius 2 is 2.06 bits per heavy atom. The van der Waals surface area contributed by atoms with Crippen molar-refractivity contribution < 1.29 is 0 Å². The quantitative estimate of drug-likeness (QED) is 0.713. The van der Waals surface area contributed by atoms with E-state index in [0.29, 0.717) is 6.04 Å². The highest BCUT2D eigenvalue weighted by Crippen LogP contribution is 2.45. The van der Waals surface area contributed by atoms with Crippen LogP contribution in [0.15, 0.2) is 24.3 Å². The molecule has 0 amide bonds. The second kappa shape index (κ2) is 3.24. The van der Waals surface area contributed by atoms with Crippen LogP contribution in [0.25, 0.3) is 0 Å². The third kappa shape index (κ3) is 1.11. The summed E-state index contributed by atoms with van der Waals surface area (Å²) in [5, 5.41) is 3.77. The van der Waals surface area contributed by atoms with Gasteiger partial charge in [0, 0.05) is 23.7 Å². The van der Waals surface area contributed by atoms with Crippen molar-refractivity contribution in [1.29, 1.82) is 0 Å². The highest BCUT2D eigenvalue weighted by atomic mass is 15.2. The average molecular weight is 214 g/mol. The number of hydrogen-bond donors (Lipinski definition) is 1. The fourth-order valence-corrected chi connectivity index (χ4v) is 3.97. The van der Waals surface area contributed by atoms with E-state index >= 15 is 0 Å². The summed E-state index contributed by atoms with van der Waals surface area (Å²) in [6, 6.07) is 10.4. The van der Waals surface area contributed by atoms with Crippen LogP contribution in [0.4, 0.5) is 5.69 Å². The summed E-state index contributed by atoms with van der Waals surface area (Å²) in [5.74, 6) is 0.774. The summed E-state index contributed by atoms with van der Waals surface area (Å²) in [4.78, 5) is 2.69. The normalized spacial score (nSPS) is 36.4. The van der Waals surface area contributed by atoms with E-state index in [-0.39, 0.29) is 0 Å². The van der Waals surface area contributed by atoms with Crippen LogP contribution in [-0.4, -0.2) is 30.1 Å². The summed E-state index contributed by atoms with van der Waals surface area (Å²) < 4.78 is 0. The third-order valence-electron chi connectivity index (χ3n) is 4.67. The van der Waals surface area contributed by atoms with E-state index in [1.807, 2.05) is 0 Å². The zero-order valence-electron chi connectivity index (χ0n) is 9.52. The minimum Gasteiger partial charge on any atom is -0.380 e. The molecule has 0 saturated carbocycles. The van der Waals surface area contributed by atoms with E-state index in [9.17, 15) is 0 Å². The fourth-order valence-electron chi connectivity index (χ4n) is 3.97. The Morgan fingerprint density at radius 1 is 1.12 bits per heavy atom. The minimum absolute atomic E-state index is 0.689. The summed E-state index contributed by atoms with van der Waals surface area (Å²) >= 11 is 0. The Morgan fingerprint density at radius 3 is 3.06 bits per heavy atom. The molecule has 3 unspecified atom stereocenters. The molecule has 0 spiro atoms. The van der Waals surface area contributed by atoms with Crippen LogP contribution in [0, 0.1) is 0 Å². The van der Waals surface area contributed by atoms with E-state index < -0.39 is 0 Å². The topological polar surface area (TPSA) is 15.3 Å². The van der Waals surface area contributed by atoms with E-state index in [2.05, 4.69) is 34.5 Å². The maximum atomic E-state index is 3.77. The van der Waals surface area contributed by atoms with Crippen LogP contribution in [0.2, 0.25) is 0 Å². The minimum atomic E-state index is 0.689. The molecule has 3 heterocycles. The van der Waals surface area contributed by atoms with Crippen LogP contribution in [0.5, 0.6) is 0 Å². The van der Waals surface area contributed by atoms with Gasteiger partial charge in [-0.15, -0.1) is 0 Å². The van der Waals surface area contributed by atoms with Crippen LogP contribution in [0.3, 0.4) is 0 Å². The van der Waals surface area contributed by atoms with Crippen LogP contribution in [-0.2, 0) is 0 Å². The fraction of sp³-hybridized carbons (Fsp3) is 0.571. The van der Waals surface area contributed by atoms with Gasteiger partial charge in [-0.2, -0.15) is 0 Å². The first-order valence-corrected chi connectivity index (χ1v) is 6.53. The van der Waals surface area contributed by atoms with Crippen LogP contribution >= 0.6 is 0 Å². The van der Waals surface area contributed by atoms with Crippen molar-refractivity contribution in [3.8, 4) is 0 Å². The SMILES string of the molecule is c1ccc2c(c1)NC1C2CCN2CCCC12. The van der Waals surface area contributed by atoms with Crippen molar-refractivity contribution in [2.24, 2.45) is 0 Å². The first kappa shape index (κ1) is 9.06. The number of piperidine rings is 1. The Kier molecular flexibility index (Phi) is 1.83. The molecule has 0 radical (unpaired) electrons. The zero-order valence-corrected chi connectivity index (χ0v) is 9.52. The maximum absolute atomic E-state index is 3.77. The average Bonchev–Trinajstić information content (AvgIpc) is 2.92. The van der Waals surface area contributed by atoms with Gasteiger partial charge in [0.05, 0.1) is 0 Å². The van der Waals surface area contributed by atoms with Crippen molar-refractivity contribution in [3.63, 3.8) is 0 Å². The van der Waals surface area contributed by atoms with Gasteiger partial charge >= 0.3 is 0 Å². The number of benzene rings is 1. The van der Waals surface area contributed by atoms with Crippen molar-refractivity contribution >= 4 is 5.69 Å². The van der Waals surface area contributed by atoms with E-state index in [1.54, 1.807) is 5.56 Å². The van der Waals surface area contributed by atoms with Gasteiger partial charge in [0.15, 0.2) is 0 Å². The molecule has 1 N–H and O–H groups in total. The molecule has 0 aliphatic carbocycles. The molecule has 16 heavy (non-hydrogen) atoms. The number of nitrogens with zero attached hydrogens (tertiary/aromatic N) is 1. The Bertz CT molecular complexity index is 415. The van der Waals surface area contributed by atoms with Crippen LogP contribution in [0.1, 0.15) is 30.7 Å². The van der Waals surface area contributed by atoms with E-state index in [1.165, 1.54) is 38.0 Å². The molecule has 4 rings (SSSR count). The van der Waals surface area contributed by atoms with Gasteiger partial charge < -0.3 is 5.32 Å². The molecule has 2 fully saturated rings. The number of fused-ring (bicyclic) bond motifs is 5. The van der Waals surface area contributed by atoms with Gasteiger partial charge in [0.2, 0.25) is 0 Å². The summed E-state index contributed by atoms with van der Waals surface area (Å²) in [6.45, 7) is 2.63. The lowest BCUT2D eigenvalue weighted by atomic mass is 9.84. The molecule has 2 nitrogen and oxygen atoms in total. The van der Waals surface area contributed by atoms with Crippen molar-refractivity contribution in [1.82, 2.24) is 4.90 Å². The molecule has 0 aromatic heterocycles. The molecule has 3 aliphatic heterocycles. The van der Waals surface area contributed by atoms with Gasteiger partial charge in [-0.1, -0.05) is 18.2 Å². The van der Waals surface area contributed by atoms with Gasteiger partial charge in [-0.3, -0.25) is 4.90 Å². The Hall–Kier alpha value is -1.02. The van der Waals surface area contributed by atoms with Crippen molar-refractivity contribution in [2.75, 3.05) is 18.4 Å². The lowest BCUT2D eigenvalue weighted by Gasteiger charge is -2.38. The van der Waals surface area contributed by atoms with E-state index in [0.717, 1.165) is 12.0 Å². The van der Waals surface area contributed by atoms with Gasteiger partial charge in [0.1, 0.15) is 0 Å². The van der Waals surface area contributed by atoms with Crippen molar-refractivity contribution in [2.45, 2.75) is 37.3 Å². The Balaban J connectivity index is 1.72. The number of para-hydroxylation sites is 1. The molecule has 1 aromatic carbocycles. The molecule has 3 atom stereocenters. The van der Waals surface area contributed by atoms with Crippen LogP contribution < -0.4 is 5.32 Å². The summed E-state index contributed by atoms with van der Waals surface area (Å²) in [5.41, 5.74) is 2.96. The molecule has 84 valence electrons. The third-order valence-corrected chi connectivity index (χ3v) is 4.67. The monoisotopic (exact) mass is 214 g/mol. The summed E-state index contributed by atoms with van der Waals surface area (Å²) in [7, 11) is 0. The second-order valence-electron chi connectivity index (χ2n) is 5.40. The molecule has 0 bridgehead atoms. The number of nitrogens with one attached hydrogen (secondary N) is 1. The Labute approximate surface area is 96.6 Å². The molecule has 1 aromatic rings. The highest BCUT2D eigenvalue weighted by Gasteiger charge is 2.44. The van der Waals surface area contributed by atoms with E-state index in [4.69, 9.17) is 0 Å². The largest absolute Gasteiger partial charge is 0.380 e. The number of hydrogen-bond acceptors (Lipinski definition) is 2. The first-order valence-electron chi connectivity index (χ1n) is 6.53. The number of rotatable bonds is 0. The molecule has 2 saturated heterocycles. The molecular formula is C14H18N2. The van der Waals surface area contributed by atoms with Gasteiger partial charge in [-0.05, 0) is 44.0 Å². The standard InChI is InChI=1S/C14H18N2/c1-2-5-12-10(4-1)11-7-9-16-8-3-6-13(16)14(11)15-12/h1-2,4-5,11,13-15H,3,6-9H2. The summed E-state index contributed by atoms with van der Waals surface area (Å²) in [6.07, 6.45) is 4.12. The zero-order chi connectivity index (χ0) is 10.5. The smallest absolute Gasteiger partial charge is 0.0486 e. The van der Waals surface area contributed by atoms with Gasteiger partial charge in [-0.25, -0.2) is 0 Å².